The van der Waals surface area contributed by atoms with Crippen LogP contribution < -0.4 is 16.0 Å². The van der Waals surface area contributed by atoms with Crippen LogP contribution in [0.3, 0.4) is 0 Å². The molecule has 0 saturated carbocycles. The number of nitrogens with one attached hydrogen (secondary N) is 1. The van der Waals surface area contributed by atoms with E-state index >= 15 is 0 Å². The van der Waals surface area contributed by atoms with Crippen LogP contribution in [0.25, 0.3) is 0 Å². The van der Waals surface area contributed by atoms with E-state index in [-0.39, 0.29) is 17.7 Å². The molecule has 0 aromatic carbocycles. The molecule has 1 rings (SSSR count). The van der Waals surface area contributed by atoms with Crippen LogP contribution in [-0.4, -0.2) is 16.5 Å². The maximum Gasteiger partial charge on any atom is 0.573 e. The van der Waals surface area contributed by atoms with Crippen molar-refractivity contribution in [1.29, 1.82) is 0 Å². The highest BCUT2D eigenvalue weighted by Crippen LogP contribution is 2.26. The zero-order valence-corrected chi connectivity index (χ0v) is 7.97. The first-order valence-corrected chi connectivity index (χ1v) is 4.19. The van der Waals surface area contributed by atoms with Gasteiger partial charge >= 0.3 is 6.36 Å². The van der Waals surface area contributed by atoms with Crippen molar-refractivity contribution in [1.82, 2.24) is 4.98 Å². The number of pyridine rings is 1. The van der Waals surface area contributed by atoms with Crippen LogP contribution in [0.5, 0.6) is 5.75 Å². The minimum Gasteiger partial charge on any atom is -0.404 e. The lowest BCUT2D eigenvalue weighted by Crippen LogP contribution is -2.23. The summed E-state index contributed by atoms with van der Waals surface area (Å²) >= 11 is 0. The summed E-state index contributed by atoms with van der Waals surface area (Å²) in [6.45, 7) is -1.05. The van der Waals surface area contributed by atoms with Gasteiger partial charge in [-0.3, -0.25) is 4.79 Å². The molecule has 0 spiro atoms. The number of hydrogen-bond donors (Lipinski definition) is 3. The lowest BCUT2D eigenvalue weighted by molar-refractivity contribution is -0.275. The first-order valence-electron chi connectivity index (χ1n) is 4.19. The predicted molar refractivity (Wildman–Crippen MR) is 47.6 cm³/mol. The second-order valence-corrected chi connectivity index (χ2v) is 2.85. The summed E-state index contributed by atoms with van der Waals surface area (Å²) in [6, 6.07) is 0. The molecule has 1 aromatic heterocycles. The Morgan fingerprint density at radius 3 is 2.50 bits per heavy atom. The lowest BCUT2D eigenvalue weighted by Gasteiger charge is -2.13. The van der Waals surface area contributed by atoms with Gasteiger partial charge in [0.1, 0.15) is 0 Å². The summed E-state index contributed by atoms with van der Waals surface area (Å²) in [5.74, 6) is -0.657. The maximum atomic E-state index is 12.0. The number of aromatic nitrogens is 1. The fourth-order valence-electron chi connectivity index (χ4n) is 1.20. The number of nitrogens with two attached hydrogens (primary N) is 1. The van der Waals surface area contributed by atoms with Crippen LogP contribution in [-0.2, 0) is 13.2 Å². The van der Waals surface area contributed by atoms with Crippen molar-refractivity contribution in [2.45, 2.75) is 19.5 Å². The summed E-state index contributed by atoms with van der Waals surface area (Å²) in [5.41, 5.74) is 4.14. The van der Waals surface area contributed by atoms with Crippen LogP contribution in [0.4, 0.5) is 13.2 Å². The Balaban J connectivity index is 3.25. The number of aliphatic hydroxyl groups is 1. The number of halogens is 3. The molecular formula is C8H9F3N2O3. The fourth-order valence-corrected chi connectivity index (χ4v) is 1.20. The van der Waals surface area contributed by atoms with E-state index in [0.717, 1.165) is 6.20 Å². The highest BCUT2D eigenvalue weighted by Gasteiger charge is 2.32. The van der Waals surface area contributed by atoms with E-state index in [1.807, 2.05) is 4.98 Å². The predicted octanol–water partition coefficient (Wildman–Crippen LogP) is 0.225. The molecule has 0 unspecified atom stereocenters. The van der Waals surface area contributed by atoms with Gasteiger partial charge in [-0.25, -0.2) is 0 Å². The number of rotatable bonds is 3. The molecular weight excluding hydrogens is 229 g/mol. The average molecular weight is 238 g/mol. The van der Waals surface area contributed by atoms with E-state index in [1.165, 1.54) is 0 Å². The molecule has 0 radical (unpaired) electrons. The van der Waals surface area contributed by atoms with Crippen LogP contribution in [0.1, 0.15) is 11.1 Å². The van der Waals surface area contributed by atoms with Gasteiger partial charge < -0.3 is 20.6 Å². The Morgan fingerprint density at radius 1 is 1.44 bits per heavy atom. The van der Waals surface area contributed by atoms with Gasteiger partial charge in [-0.2, -0.15) is 0 Å². The van der Waals surface area contributed by atoms with Crippen molar-refractivity contribution in [3.8, 4) is 5.75 Å². The Morgan fingerprint density at radius 2 is 2.06 bits per heavy atom. The van der Waals surface area contributed by atoms with Gasteiger partial charge in [-0.1, -0.05) is 0 Å². The van der Waals surface area contributed by atoms with Crippen LogP contribution >= 0.6 is 0 Å². The summed E-state index contributed by atoms with van der Waals surface area (Å²) < 4.78 is 39.5. The van der Waals surface area contributed by atoms with Crippen LogP contribution in [0.2, 0.25) is 0 Å². The second-order valence-electron chi connectivity index (χ2n) is 2.85. The van der Waals surface area contributed by atoms with Gasteiger partial charge in [-0.15, -0.1) is 13.2 Å². The highest BCUT2D eigenvalue weighted by atomic mass is 19.4. The number of hydrogen-bond acceptors (Lipinski definition) is 4. The van der Waals surface area contributed by atoms with E-state index in [4.69, 9.17) is 10.8 Å². The summed E-state index contributed by atoms with van der Waals surface area (Å²) in [4.78, 5) is 13.2. The smallest absolute Gasteiger partial charge is 0.404 e. The van der Waals surface area contributed by atoms with Gasteiger partial charge in [0.25, 0.3) is 5.56 Å². The third-order valence-corrected chi connectivity index (χ3v) is 1.86. The molecule has 0 bridgehead atoms. The molecule has 0 saturated heterocycles. The van der Waals surface area contributed by atoms with Crippen molar-refractivity contribution < 1.29 is 23.0 Å². The minimum absolute atomic E-state index is 0.135. The number of ether oxygens (including phenoxy) is 1. The van der Waals surface area contributed by atoms with Gasteiger partial charge in [-0.05, 0) is 0 Å². The number of alkyl halides is 3. The largest absolute Gasteiger partial charge is 0.573 e. The Kier molecular flexibility index (Phi) is 3.55. The fraction of sp³-hybridized carbons (Fsp3) is 0.375. The van der Waals surface area contributed by atoms with E-state index in [2.05, 4.69) is 4.74 Å². The number of H-pyrrole nitrogens is 1. The first-order chi connectivity index (χ1) is 7.39. The molecule has 4 N–H and O–H groups in total. The average Bonchev–Trinajstić information content (AvgIpc) is 2.18. The van der Waals surface area contributed by atoms with Crippen molar-refractivity contribution >= 4 is 0 Å². The lowest BCUT2D eigenvalue weighted by atomic mass is 10.1. The molecule has 0 aliphatic carbocycles. The highest BCUT2D eigenvalue weighted by molar-refractivity contribution is 5.36. The second kappa shape index (κ2) is 4.54. The Hall–Kier alpha value is -1.54. The van der Waals surface area contributed by atoms with Gasteiger partial charge in [0.2, 0.25) is 0 Å². The molecule has 0 atom stereocenters. The Labute approximate surface area is 87.7 Å². The zero-order valence-electron chi connectivity index (χ0n) is 7.97. The standard InChI is InChI=1S/C8H9F3N2O3/c9-8(10,11)16-6-2-13-7(15)4(1-12)5(6)3-14/h2,14H,1,3,12H2,(H,13,15). The normalized spacial score (nSPS) is 11.6. The number of aromatic amines is 1. The molecule has 1 aromatic rings. The van der Waals surface area contributed by atoms with Gasteiger partial charge in [0.15, 0.2) is 5.75 Å². The van der Waals surface area contributed by atoms with E-state index in [0.29, 0.717) is 0 Å². The topological polar surface area (TPSA) is 88.3 Å². The van der Waals surface area contributed by atoms with Crippen molar-refractivity contribution in [2.24, 2.45) is 5.73 Å². The molecule has 0 aliphatic rings. The quantitative estimate of drug-likeness (QED) is 0.703. The maximum absolute atomic E-state index is 12.0. The van der Waals surface area contributed by atoms with Crippen molar-refractivity contribution in [3.63, 3.8) is 0 Å². The summed E-state index contributed by atoms with van der Waals surface area (Å²) in [6.07, 6.45) is -4.16. The molecule has 8 heteroatoms. The van der Waals surface area contributed by atoms with Crippen molar-refractivity contribution in [3.05, 3.63) is 27.7 Å². The monoisotopic (exact) mass is 238 g/mol. The molecule has 0 amide bonds. The zero-order chi connectivity index (χ0) is 12.3. The Bertz CT molecular complexity index is 428. The van der Waals surface area contributed by atoms with Gasteiger partial charge in [0.05, 0.1) is 6.61 Å². The van der Waals surface area contributed by atoms with Crippen LogP contribution in [0.15, 0.2) is 11.0 Å². The molecule has 0 aliphatic heterocycles. The van der Waals surface area contributed by atoms with Gasteiger partial charge in [0, 0.05) is 23.9 Å². The third kappa shape index (κ3) is 2.74. The minimum atomic E-state index is -4.89. The molecule has 0 fully saturated rings. The van der Waals surface area contributed by atoms with E-state index in [1.54, 1.807) is 0 Å². The van der Waals surface area contributed by atoms with Crippen LogP contribution in [0, 0.1) is 0 Å². The van der Waals surface area contributed by atoms with E-state index < -0.39 is 24.3 Å². The van der Waals surface area contributed by atoms with E-state index in [9.17, 15) is 18.0 Å². The molecule has 16 heavy (non-hydrogen) atoms. The summed E-state index contributed by atoms with van der Waals surface area (Å²) in [5, 5.41) is 8.90. The number of aliphatic hydroxyl groups excluding tert-OH is 1. The first kappa shape index (κ1) is 12.5. The molecule has 1 heterocycles. The molecule has 90 valence electrons. The SMILES string of the molecule is NCc1c(CO)c(OC(F)(F)F)c[nH]c1=O. The molecule has 5 nitrogen and oxygen atoms in total. The summed E-state index contributed by atoms with van der Waals surface area (Å²) in [7, 11) is 0. The van der Waals surface area contributed by atoms with Crippen molar-refractivity contribution in [2.75, 3.05) is 0 Å². The third-order valence-electron chi connectivity index (χ3n) is 1.86.